The van der Waals surface area contributed by atoms with Gasteiger partial charge in [0.25, 0.3) is 5.91 Å². The summed E-state index contributed by atoms with van der Waals surface area (Å²) in [6, 6.07) is 16.4. The molecule has 0 unspecified atom stereocenters. The van der Waals surface area contributed by atoms with E-state index in [-0.39, 0.29) is 37.9 Å². The molecule has 1 heterocycles. The third-order valence-electron chi connectivity index (χ3n) is 4.31. The van der Waals surface area contributed by atoms with Gasteiger partial charge in [0.15, 0.2) is 0 Å². The average molecular weight is 447 g/mol. The van der Waals surface area contributed by atoms with E-state index in [2.05, 4.69) is 0 Å². The molecule has 1 aliphatic heterocycles. The van der Waals surface area contributed by atoms with Crippen LogP contribution < -0.4 is 4.90 Å². The summed E-state index contributed by atoms with van der Waals surface area (Å²) in [5, 5.41) is 9.86. The van der Waals surface area contributed by atoms with E-state index in [4.69, 9.17) is 23.8 Å². The molecule has 3 rings (SSSR count). The molecule has 0 atom stereocenters. The maximum Gasteiger partial charge on any atom is 0.266 e. The highest BCUT2D eigenvalue weighted by atomic mass is 35.5. The van der Waals surface area contributed by atoms with Gasteiger partial charge in [0.1, 0.15) is 4.32 Å². The zero-order valence-electron chi connectivity index (χ0n) is 15.5. The second-order valence-electron chi connectivity index (χ2n) is 6.21. The van der Waals surface area contributed by atoms with Crippen molar-refractivity contribution in [2.45, 2.75) is 6.42 Å². The lowest BCUT2D eigenvalue weighted by atomic mass is 10.2. The summed E-state index contributed by atoms with van der Waals surface area (Å²) < 4.78 is 0.412. The first-order chi connectivity index (χ1) is 14.0. The largest absolute Gasteiger partial charge is 0.395 e. The summed E-state index contributed by atoms with van der Waals surface area (Å²) in [7, 11) is 0. The number of thiocarbonyl (C=S) groups is 1. The van der Waals surface area contributed by atoms with Gasteiger partial charge in [0.2, 0.25) is 5.91 Å². The normalized spacial score (nSPS) is 15.2. The summed E-state index contributed by atoms with van der Waals surface area (Å²) in [5.74, 6) is -0.421. The van der Waals surface area contributed by atoms with Gasteiger partial charge in [-0.15, -0.1) is 0 Å². The van der Waals surface area contributed by atoms with E-state index < -0.39 is 0 Å². The van der Waals surface area contributed by atoms with Crippen LogP contribution in [0.15, 0.2) is 59.5 Å². The van der Waals surface area contributed by atoms with Crippen molar-refractivity contribution < 1.29 is 14.7 Å². The number of halogens is 1. The van der Waals surface area contributed by atoms with Gasteiger partial charge in [-0.1, -0.05) is 72.0 Å². The number of carbonyl (C=O) groups is 2. The van der Waals surface area contributed by atoms with E-state index in [0.29, 0.717) is 19.9 Å². The van der Waals surface area contributed by atoms with Gasteiger partial charge in [-0.2, -0.15) is 0 Å². The Morgan fingerprint density at radius 3 is 2.55 bits per heavy atom. The fourth-order valence-electron chi connectivity index (χ4n) is 2.87. The molecular formula is C21H19ClN2O3S2. The van der Waals surface area contributed by atoms with Crippen molar-refractivity contribution in [1.82, 2.24) is 4.90 Å². The predicted octanol–water partition coefficient (Wildman–Crippen LogP) is 3.96. The number of thioether (sulfide) groups is 1. The maximum absolute atomic E-state index is 12.8. The Morgan fingerprint density at radius 2 is 1.86 bits per heavy atom. The SMILES string of the molecule is O=C1/C(=C\c2ccccc2Cl)SC(=S)N1CCC(=O)N(CCO)c1ccccc1. The lowest BCUT2D eigenvalue weighted by Crippen LogP contribution is -2.37. The number of para-hydroxylation sites is 1. The van der Waals surface area contributed by atoms with Crippen molar-refractivity contribution in [1.29, 1.82) is 0 Å². The van der Waals surface area contributed by atoms with E-state index in [0.717, 1.165) is 5.56 Å². The Kier molecular flexibility index (Phi) is 7.44. The Bertz CT molecular complexity index is 950. The summed E-state index contributed by atoms with van der Waals surface area (Å²) in [6.45, 7) is 0.216. The second-order valence-corrected chi connectivity index (χ2v) is 8.29. The first kappa shape index (κ1) is 21.5. The molecule has 8 heteroatoms. The second kappa shape index (κ2) is 10.0. The third kappa shape index (κ3) is 5.25. The molecule has 2 aromatic rings. The molecule has 0 saturated carbocycles. The van der Waals surface area contributed by atoms with Crippen LogP contribution in [0.2, 0.25) is 5.02 Å². The number of carbonyl (C=O) groups excluding carboxylic acids is 2. The zero-order chi connectivity index (χ0) is 20.8. The van der Waals surface area contributed by atoms with E-state index in [9.17, 15) is 14.7 Å². The van der Waals surface area contributed by atoms with Gasteiger partial charge in [0.05, 0.1) is 11.5 Å². The third-order valence-corrected chi connectivity index (χ3v) is 6.03. The number of hydrogen-bond acceptors (Lipinski definition) is 5. The van der Waals surface area contributed by atoms with Crippen molar-refractivity contribution in [2.24, 2.45) is 0 Å². The van der Waals surface area contributed by atoms with Crippen LogP contribution >= 0.6 is 35.6 Å². The summed E-state index contributed by atoms with van der Waals surface area (Å²) >= 11 is 12.7. The van der Waals surface area contributed by atoms with Gasteiger partial charge in [-0.25, -0.2) is 0 Å². The smallest absolute Gasteiger partial charge is 0.266 e. The molecular weight excluding hydrogens is 428 g/mol. The van der Waals surface area contributed by atoms with Gasteiger partial charge in [-0.05, 0) is 29.8 Å². The van der Waals surface area contributed by atoms with Crippen LogP contribution in [0.25, 0.3) is 6.08 Å². The summed E-state index contributed by atoms with van der Waals surface area (Å²) in [5.41, 5.74) is 1.44. The van der Waals surface area contributed by atoms with E-state index in [1.165, 1.54) is 21.6 Å². The first-order valence-electron chi connectivity index (χ1n) is 8.97. The molecule has 5 nitrogen and oxygen atoms in total. The standard InChI is InChI=1S/C21H19ClN2O3S2/c22-17-9-5-4-6-15(17)14-18-20(27)24(21(28)29-18)11-10-19(26)23(12-13-25)16-7-2-1-3-8-16/h1-9,14,25H,10-13H2/b18-14+. The average Bonchev–Trinajstić information content (AvgIpc) is 2.99. The number of benzene rings is 2. The Hall–Kier alpha value is -2.19. The number of rotatable bonds is 7. The van der Waals surface area contributed by atoms with Gasteiger partial charge in [0, 0.05) is 30.2 Å². The van der Waals surface area contributed by atoms with Gasteiger partial charge < -0.3 is 10.0 Å². The van der Waals surface area contributed by atoms with E-state index in [1.54, 1.807) is 24.3 Å². The van der Waals surface area contributed by atoms with Crippen molar-refractivity contribution in [3.63, 3.8) is 0 Å². The topological polar surface area (TPSA) is 60.9 Å². The number of amides is 2. The molecule has 2 aromatic carbocycles. The molecule has 1 aliphatic rings. The van der Waals surface area contributed by atoms with Crippen LogP contribution in [0.4, 0.5) is 5.69 Å². The van der Waals surface area contributed by atoms with Crippen LogP contribution in [0.1, 0.15) is 12.0 Å². The number of hydrogen-bond donors (Lipinski definition) is 1. The number of aliphatic hydroxyl groups is 1. The van der Waals surface area contributed by atoms with Gasteiger partial charge in [-0.3, -0.25) is 14.5 Å². The van der Waals surface area contributed by atoms with Crippen molar-refractivity contribution in [3.8, 4) is 0 Å². The van der Waals surface area contributed by atoms with Crippen molar-refractivity contribution in [3.05, 3.63) is 70.1 Å². The Balaban J connectivity index is 1.68. The molecule has 1 saturated heterocycles. The first-order valence-corrected chi connectivity index (χ1v) is 10.6. The fourth-order valence-corrected chi connectivity index (χ4v) is 4.36. The van der Waals surface area contributed by atoms with E-state index >= 15 is 0 Å². The monoisotopic (exact) mass is 446 g/mol. The Morgan fingerprint density at radius 1 is 1.17 bits per heavy atom. The number of anilines is 1. The predicted molar refractivity (Wildman–Crippen MR) is 122 cm³/mol. The Labute approximate surface area is 183 Å². The highest BCUT2D eigenvalue weighted by Crippen LogP contribution is 2.33. The minimum Gasteiger partial charge on any atom is -0.395 e. The van der Waals surface area contributed by atoms with Crippen LogP contribution in [0.5, 0.6) is 0 Å². The lowest BCUT2D eigenvalue weighted by molar-refractivity contribution is -0.123. The van der Waals surface area contributed by atoms with Crippen molar-refractivity contribution >= 4 is 63.5 Å². The molecule has 0 aliphatic carbocycles. The van der Waals surface area contributed by atoms with Crippen molar-refractivity contribution in [2.75, 3.05) is 24.6 Å². The van der Waals surface area contributed by atoms with E-state index in [1.807, 2.05) is 36.4 Å². The van der Waals surface area contributed by atoms with Gasteiger partial charge >= 0.3 is 0 Å². The summed E-state index contributed by atoms with van der Waals surface area (Å²) in [6.07, 6.45) is 1.81. The number of aliphatic hydroxyl groups excluding tert-OH is 1. The molecule has 150 valence electrons. The van der Waals surface area contributed by atoms with Crippen LogP contribution in [-0.4, -0.2) is 45.8 Å². The summed E-state index contributed by atoms with van der Waals surface area (Å²) in [4.78, 5) is 28.9. The minimum absolute atomic E-state index is 0.0979. The quantitative estimate of drug-likeness (QED) is 0.515. The highest BCUT2D eigenvalue weighted by molar-refractivity contribution is 8.26. The minimum atomic E-state index is -0.235. The molecule has 0 bridgehead atoms. The molecule has 0 radical (unpaired) electrons. The molecule has 1 N–H and O–H groups in total. The molecule has 0 spiro atoms. The zero-order valence-corrected chi connectivity index (χ0v) is 17.8. The van der Waals surface area contributed by atoms with Crippen LogP contribution in [-0.2, 0) is 9.59 Å². The fraction of sp³-hybridized carbons (Fsp3) is 0.190. The lowest BCUT2D eigenvalue weighted by Gasteiger charge is -2.23. The van der Waals surface area contributed by atoms with Crippen LogP contribution in [0, 0.1) is 0 Å². The molecule has 1 fully saturated rings. The highest BCUT2D eigenvalue weighted by Gasteiger charge is 2.32. The molecule has 0 aromatic heterocycles. The molecule has 29 heavy (non-hydrogen) atoms. The maximum atomic E-state index is 12.8. The number of nitrogens with zero attached hydrogens (tertiary/aromatic N) is 2. The van der Waals surface area contributed by atoms with Crippen LogP contribution in [0.3, 0.4) is 0 Å². The molecule has 2 amide bonds.